The van der Waals surface area contributed by atoms with Crippen molar-refractivity contribution in [3.8, 4) is 6.07 Å². The minimum atomic E-state index is -0.610. The molecule has 3 rings (SSSR count). The molecule has 3 aliphatic rings. The Kier molecular flexibility index (Phi) is 2.61. The number of hydrogen-bond acceptors (Lipinski definition) is 2. The van der Waals surface area contributed by atoms with E-state index in [0.717, 1.165) is 44.2 Å². The van der Waals surface area contributed by atoms with Crippen molar-refractivity contribution in [1.82, 2.24) is 4.90 Å². The molecule has 3 nitrogen and oxygen atoms in total. The second kappa shape index (κ2) is 4.01. The highest BCUT2D eigenvalue weighted by Crippen LogP contribution is 2.47. The maximum Gasteiger partial charge on any atom is 0.243 e. The lowest BCUT2D eigenvalue weighted by Gasteiger charge is -2.41. The van der Waals surface area contributed by atoms with E-state index in [0.29, 0.717) is 0 Å². The van der Waals surface area contributed by atoms with Gasteiger partial charge in [0.05, 0.1) is 6.07 Å². The summed E-state index contributed by atoms with van der Waals surface area (Å²) in [5, 5.41) is 9.09. The molecule has 0 bridgehead atoms. The first-order valence-electron chi connectivity index (χ1n) is 6.96. The fourth-order valence-corrected chi connectivity index (χ4v) is 3.59. The number of piperidine rings is 1. The number of carbonyl (C=O) groups is 1. The second-order valence-electron chi connectivity index (χ2n) is 6.04. The Hall–Kier alpha value is -1.04. The van der Waals surface area contributed by atoms with Crippen molar-refractivity contribution in [2.24, 2.45) is 17.3 Å². The lowest BCUT2D eigenvalue weighted by atomic mass is 9.75. The molecule has 2 atom stereocenters. The number of fused-ring (bicyclic) bond motifs is 1. The molecule has 1 heterocycles. The summed E-state index contributed by atoms with van der Waals surface area (Å²) in [7, 11) is 0. The molecular weight excluding hydrogens is 212 g/mol. The van der Waals surface area contributed by atoms with Gasteiger partial charge in [-0.05, 0) is 37.5 Å². The average Bonchev–Trinajstić information content (AvgIpc) is 3.18. The van der Waals surface area contributed by atoms with E-state index in [2.05, 4.69) is 6.07 Å². The number of carbonyl (C=O) groups excluding carboxylic acids is 1. The van der Waals surface area contributed by atoms with Gasteiger partial charge in [0, 0.05) is 13.1 Å². The van der Waals surface area contributed by atoms with E-state index in [4.69, 9.17) is 5.26 Å². The van der Waals surface area contributed by atoms with E-state index in [9.17, 15) is 4.79 Å². The normalized spacial score (nSPS) is 34.6. The predicted octanol–water partition coefficient (Wildman–Crippen LogP) is 2.33. The van der Waals surface area contributed by atoms with Crippen molar-refractivity contribution in [1.29, 1.82) is 5.26 Å². The van der Waals surface area contributed by atoms with E-state index in [1.54, 1.807) is 0 Å². The summed E-state index contributed by atoms with van der Waals surface area (Å²) in [6, 6.07) is 2.23. The second-order valence-corrected chi connectivity index (χ2v) is 6.04. The third kappa shape index (κ3) is 1.84. The molecule has 92 valence electrons. The molecule has 0 aromatic carbocycles. The molecule has 2 aliphatic carbocycles. The number of nitrogens with zero attached hydrogens (tertiary/aromatic N) is 2. The first-order chi connectivity index (χ1) is 8.25. The Morgan fingerprint density at radius 3 is 2.53 bits per heavy atom. The Morgan fingerprint density at radius 2 is 1.88 bits per heavy atom. The quantitative estimate of drug-likeness (QED) is 0.696. The van der Waals surface area contributed by atoms with E-state index < -0.39 is 5.41 Å². The van der Waals surface area contributed by atoms with Gasteiger partial charge in [-0.1, -0.05) is 19.3 Å². The molecule has 1 amide bonds. The van der Waals surface area contributed by atoms with Gasteiger partial charge in [-0.15, -0.1) is 0 Å². The Morgan fingerprint density at radius 1 is 1.18 bits per heavy atom. The van der Waals surface area contributed by atoms with Crippen LogP contribution in [0.4, 0.5) is 0 Å². The van der Waals surface area contributed by atoms with Crippen molar-refractivity contribution in [3.63, 3.8) is 0 Å². The van der Waals surface area contributed by atoms with Gasteiger partial charge in [0.25, 0.3) is 0 Å². The molecule has 1 aliphatic heterocycles. The molecule has 2 saturated carbocycles. The van der Waals surface area contributed by atoms with Gasteiger partial charge in [-0.3, -0.25) is 4.79 Å². The van der Waals surface area contributed by atoms with Gasteiger partial charge in [-0.25, -0.2) is 0 Å². The van der Waals surface area contributed by atoms with Crippen LogP contribution in [0, 0.1) is 28.6 Å². The fraction of sp³-hybridized carbons (Fsp3) is 0.857. The zero-order valence-corrected chi connectivity index (χ0v) is 10.3. The molecule has 2 unspecified atom stereocenters. The van der Waals surface area contributed by atoms with Gasteiger partial charge in [0.15, 0.2) is 0 Å². The minimum Gasteiger partial charge on any atom is -0.341 e. The number of amides is 1. The van der Waals surface area contributed by atoms with Crippen LogP contribution in [0.1, 0.15) is 44.9 Å². The highest BCUT2D eigenvalue weighted by atomic mass is 16.2. The summed E-state index contributed by atoms with van der Waals surface area (Å²) in [5.74, 6) is 1.70. The van der Waals surface area contributed by atoms with Crippen LogP contribution >= 0.6 is 0 Å². The summed E-state index contributed by atoms with van der Waals surface area (Å²) in [4.78, 5) is 14.3. The zero-order chi connectivity index (χ0) is 11.9. The van der Waals surface area contributed by atoms with Crippen molar-refractivity contribution in [3.05, 3.63) is 0 Å². The fourth-order valence-electron chi connectivity index (χ4n) is 3.59. The third-order valence-electron chi connectivity index (χ3n) is 4.95. The Balaban J connectivity index is 1.66. The topological polar surface area (TPSA) is 44.1 Å². The third-order valence-corrected chi connectivity index (χ3v) is 4.95. The lowest BCUT2D eigenvalue weighted by Crippen LogP contribution is -2.47. The molecule has 3 heteroatoms. The standard InChI is InChI=1S/C14H20N2O/c15-10-14(6-7-14)13(17)16-8-5-11-3-1-2-4-12(11)9-16/h11-12H,1-9H2. The van der Waals surface area contributed by atoms with Crippen molar-refractivity contribution in [2.75, 3.05) is 13.1 Å². The van der Waals surface area contributed by atoms with Gasteiger partial charge in [0.1, 0.15) is 5.41 Å². The van der Waals surface area contributed by atoms with E-state index >= 15 is 0 Å². The van der Waals surface area contributed by atoms with E-state index in [1.165, 1.54) is 25.7 Å². The monoisotopic (exact) mass is 232 g/mol. The molecular formula is C14H20N2O. The minimum absolute atomic E-state index is 0.129. The number of likely N-dealkylation sites (tertiary alicyclic amines) is 1. The summed E-state index contributed by atoms with van der Waals surface area (Å²) >= 11 is 0. The van der Waals surface area contributed by atoms with Gasteiger partial charge in [-0.2, -0.15) is 5.26 Å². The van der Waals surface area contributed by atoms with Crippen molar-refractivity contribution >= 4 is 5.91 Å². The summed E-state index contributed by atoms with van der Waals surface area (Å²) in [5.41, 5.74) is -0.610. The van der Waals surface area contributed by atoms with Crippen LogP contribution in [0.25, 0.3) is 0 Å². The van der Waals surface area contributed by atoms with Crippen LogP contribution < -0.4 is 0 Å². The number of hydrogen-bond donors (Lipinski definition) is 0. The first-order valence-corrected chi connectivity index (χ1v) is 6.96. The van der Waals surface area contributed by atoms with Gasteiger partial charge >= 0.3 is 0 Å². The first kappa shape index (κ1) is 11.1. The van der Waals surface area contributed by atoms with E-state index in [-0.39, 0.29) is 5.91 Å². The molecule has 3 fully saturated rings. The number of rotatable bonds is 1. The van der Waals surface area contributed by atoms with Gasteiger partial charge < -0.3 is 4.90 Å². The van der Waals surface area contributed by atoms with Crippen LogP contribution in [0.5, 0.6) is 0 Å². The van der Waals surface area contributed by atoms with Crippen molar-refractivity contribution in [2.45, 2.75) is 44.9 Å². The molecule has 0 aromatic rings. The molecule has 0 N–H and O–H groups in total. The molecule has 0 radical (unpaired) electrons. The highest BCUT2D eigenvalue weighted by molar-refractivity contribution is 5.88. The lowest BCUT2D eigenvalue weighted by molar-refractivity contribution is -0.138. The van der Waals surface area contributed by atoms with Crippen LogP contribution in [-0.4, -0.2) is 23.9 Å². The van der Waals surface area contributed by atoms with Crippen LogP contribution in [0.15, 0.2) is 0 Å². The maximum absolute atomic E-state index is 12.3. The van der Waals surface area contributed by atoms with Crippen LogP contribution in [0.2, 0.25) is 0 Å². The molecule has 17 heavy (non-hydrogen) atoms. The van der Waals surface area contributed by atoms with E-state index in [1.807, 2.05) is 4.90 Å². The Labute approximate surface area is 103 Å². The van der Waals surface area contributed by atoms with Gasteiger partial charge in [0.2, 0.25) is 5.91 Å². The zero-order valence-electron chi connectivity index (χ0n) is 10.3. The summed E-state index contributed by atoms with van der Waals surface area (Å²) < 4.78 is 0. The average molecular weight is 232 g/mol. The molecule has 1 saturated heterocycles. The van der Waals surface area contributed by atoms with Crippen LogP contribution in [-0.2, 0) is 4.79 Å². The largest absolute Gasteiger partial charge is 0.341 e. The maximum atomic E-state index is 12.3. The smallest absolute Gasteiger partial charge is 0.243 e. The Bertz CT molecular complexity index is 367. The van der Waals surface area contributed by atoms with Crippen molar-refractivity contribution < 1.29 is 4.79 Å². The molecule has 0 aromatic heterocycles. The summed E-state index contributed by atoms with van der Waals surface area (Å²) in [6.45, 7) is 1.82. The predicted molar refractivity (Wildman–Crippen MR) is 63.9 cm³/mol. The summed E-state index contributed by atoms with van der Waals surface area (Å²) in [6.07, 6.45) is 8.08. The SMILES string of the molecule is N#CC1(C(=O)N2CCC3CCCCC3C2)CC1. The number of nitriles is 1. The molecule has 0 spiro atoms. The highest BCUT2D eigenvalue weighted by Gasteiger charge is 2.53. The van der Waals surface area contributed by atoms with Crippen LogP contribution in [0.3, 0.4) is 0 Å².